The smallest absolute Gasteiger partial charge is 0.339 e. The summed E-state index contributed by atoms with van der Waals surface area (Å²) in [4.78, 5) is 20.8. The molecule has 0 atom stereocenters. The number of piperazine rings is 1. The third-order valence-electron chi connectivity index (χ3n) is 5.09. The molecule has 1 aromatic heterocycles. The van der Waals surface area contributed by atoms with E-state index in [9.17, 15) is 18.0 Å². The summed E-state index contributed by atoms with van der Waals surface area (Å²) in [6, 6.07) is 12.3. The Balaban J connectivity index is 1.43. The van der Waals surface area contributed by atoms with Gasteiger partial charge in [0.1, 0.15) is 0 Å². The van der Waals surface area contributed by atoms with Crippen molar-refractivity contribution in [2.45, 2.75) is 6.18 Å². The highest BCUT2D eigenvalue weighted by molar-refractivity contribution is 5.90. The number of urea groups is 1. The van der Waals surface area contributed by atoms with Crippen LogP contribution in [0.5, 0.6) is 0 Å². The number of aryl methyl sites for hydroxylation is 1. The van der Waals surface area contributed by atoms with E-state index in [1.54, 1.807) is 0 Å². The molecule has 0 radical (unpaired) electrons. The molecule has 152 valence electrons. The number of halogens is 3. The number of rotatable bonds is 2. The number of imidazole rings is 1. The number of hydrogen-bond acceptors (Lipinski definition) is 3. The minimum absolute atomic E-state index is 0.234. The van der Waals surface area contributed by atoms with Gasteiger partial charge in [-0.1, -0.05) is 24.3 Å². The van der Waals surface area contributed by atoms with Crippen LogP contribution in [0.2, 0.25) is 0 Å². The van der Waals surface area contributed by atoms with Gasteiger partial charge >= 0.3 is 12.2 Å². The Morgan fingerprint density at radius 1 is 1.00 bits per heavy atom. The van der Waals surface area contributed by atoms with Crippen molar-refractivity contribution in [3.63, 3.8) is 0 Å². The molecule has 0 saturated carbocycles. The molecule has 3 aromatic rings. The lowest BCUT2D eigenvalue weighted by Crippen LogP contribution is -2.50. The zero-order valence-electron chi connectivity index (χ0n) is 15.8. The van der Waals surface area contributed by atoms with Crippen molar-refractivity contribution in [3.05, 3.63) is 54.1 Å². The molecule has 9 heteroatoms. The number of hydrogen-bond donors (Lipinski definition) is 1. The van der Waals surface area contributed by atoms with Crippen LogP contribution in [-0.2, 0) is 13.2 Å². The Labute approximate surface area is 165 Å². The van der Waals surface area contributed by atoms with Gasteiger partial charge in [0, 0.05) is 33.2 Å². The SMILES string of the molecule is Cn1c(N2CCN(C(=O)Nc3ccccc3C(F)(F)F)CC2)nc2ccccc21. The van der Waals surface area contributed by atoms with Crippen LogP contribution in [0.15, 0.2) is 48.5 Å². The first-order valence-corrected chi connectivity index (χ1v) is 9.23. The number of anilines is 2. The van der Waals surface area contributed by atoms with Crippen LogP contribution in [0.3, 0.4) is 0 Å². The van der Waals surface area contributed by atoms with Gasteiger partial charge in [0.15, 0.2) is 0 Å². The lowest BCUT2D eigenvalue weighted by atomic mass is 10.1. The van der Waals surface area contributed by atoms with Crippen molar-refractivity contribution in [1.82, 2.24) is 14.5 Å². The number of amides is 2. The number of carbonyl (C=O) groups is 1. The lowest BCUT2D eigenvalue weighted by molar-refractivity contribution is -0.136. The Hall–Kier alpha value is -3.23. The largest absolute Gasteiger partial charge is 0.418 e. The quantitative estimate of drug-likeness (QED) is 0.705. The number of benzene rings is 2. The summed E-state index contributed by atoms with van der Waals surface area (Å²) in [7, 11) is 1.94. The standard InChI is InChI=1S/C20H20F3N5O/c1-26-17-9-5-4-8-16(17)24-18(26)27-10-12-28(13-11-27)19(29)25-15-7-3-2-6-14(15)20(21,22)23/h2-9H,10-13H2,1H3,(H,25,29). The average molecular weight is 403 g/mol. The highest BCUT2D eigenvalue weighted by atomic mass is 19.4. The van der Waals surface area contributed by atoms with Crippen LogP contribution in [0.4, 0.5) is 29.6 Å². The van der Waals surface area contributed by atoms with Crippen LogP contribution in [0.25, 0.3) is 11.0 Å². The molecule has 1 aliphatic heterocycles. The van der Waals surface area contributed by atoms with E-state index < -0.39 is 17.8 Å². The molecule has 2 amide bonds. The van der Waals surface area contributed by atoms with Gasteiger partial charge in [-0.3, -0.25) is 0 Å². The molecule has 1 aliphatic rings. The van der Waals surface area contributed by atoms with Gasteiger partial charge in [0.05, 0.1) is 22.3 Å². The number of alkyl halides is 3. The van der Waals surface area contributed by atoms with E-state index in [4.69, 9.17) is 0 Å². The summed E-state index contributed by atoms with van der Waals surface area (Å²) >= 11 is 0. The summed E-state index contributed by atoms with van der Waals surface area (Å²) in [5.74, 6) is 0.814. The maximum absolute atomic E-state index is 13.1. The Bertz CT molecular complexity index is 1040. The van der Waals surface area contributed by atoms with Crippen LogP contribution in [-0.4, -0.2) is 46.7 Å². The summed E-state index contributed by atoms with van der Waals surface area (Å²) in [5.41, 5.74) is 0.829. The molecule has 29 heavy (non-hydrogen) atoms. The van der Waals surface area contributed by atoms with Crippen LogP contribution >= 0.6 is 0 Å². The van der Waals surface area contributed by atoms with Crippen molar-refractivity contribution in [2.75, 3.05) is 36.4 Å². The fourth-order valence-corrected chi connectivity index (χ4v) is 3.56. The second-order valence-corrected chi connectivity index (χ2v) is 6.91. The second kappa shape index (κ2) is 7.31. The van der Waals surface area contributed by atoms with Gasteiger partial charge in [0.2, 0.25) is 5.95 Å². The maximum Gasteiger partial charge on any atom is 0.418 e. The zero-order chi connectivity index (χ0) is 20.6. The molecule has 1 saturated heterocycles. The average Bonchev–Trinajstić information content (AvgIpc) is 3.04. The predicted molar refractivity (Wildman–Crippen MR) is 105 cm³/mol. The van der Waals surface area contributed by atoms with Crippen molar-refractivity contribution < 1.29 is 18.0 Å². The van der Waals surface area contributed by atoms with Gasteiger partial charge in [-0.2, -0.15) is 13.2 Å². The van der Waals surface area contributed by atoms with Gasteiger partial charge in [-0.05, 0) is 24.3 Å². The molecule has 0 spiro atoms. The van der Waals surface area contributed by atoms with Crippen molar-refractivity contribution >= 4 is 28.7 Å². The third kappa shape index (κ3) is 3.72. The number of para-hydroxylation sites is 3. The lowest BCUT2D eigenvalue weighted by Gasteiger charge is -2.35. The summed E-state index contributed by atoms with van der Waals surface area (Å²) in [6.45, 7) is 1.88. The van der Waals surface area contributed by atoms with Crippen molar-refractivity contribution in [1.29, 1.82) is 0 Å². The van der Waals surface area contributed by atoms with E-state index in [0.717, 1.165) is 23.0 Å². The van der Waals surface area contributed by atoms with Gasteiger partial charge < -0.3 is 19.7 Å². The Kier molecular flexibility index (Phi) is 4.81. The molecule has 2 heterocycles. The fraction of sp³-hybridized carbons (Fsp3) is 0.300. The summed E-state index contributed by atoms with van der Waals surface area (Å²) in [6.07, 6.45) is -4.53. The summed E-state index contributed by atoms with van der Waals surface area (Å²) < 4.78 is 41.4. The van der Waals surface area contributed by atoms with E-state index in [-0.39, 0.29) is 5.69 Å². The van der Waals surface area contributed by atoms with Crippen molar-refractivity contribution in [3.8, 4) is 0 Å². The van der Waals surface area contributed by atoms with Gasteiger partial charge in [-0.25, -0.2) is 9.78 Å². The number of nitrogens with one attached hydrogen (secondary N) is 1. The fourth-order valence-electron chi connectivity index (χ4n) is 3.56. The molecule has 4 rings (SSSR count). The van der Waals surface area contributed by atoms with E-state index in [0.29, 0.717) is 26.2 Å². The molecular formula is C20H20F3N5O. The molecule has 2 aromatic carbocycles. The minimum atomic E-state index is -4.53. The second-order valence-electron chi connectivity index (χ2n) is 6.91. The van der Waals surface area contributed by atoms with Gasteiger partial charge in [0.25, 0.3) is 0 Å². The molecule has 6 nitrogen and oxygen atoms in total. The van der Waals surface area contributed by atoms with Crippen LogP contribution < -0.4 is 10.2 Å². The van der Waals surface area contributed by atoms with E-state index >= 15 is 0 Å². The first-order valence-electron chi connectivity index (χ1n) is 9.23. The maximum atomic E-state index is 13.1. The topological polar surface area (TPSA) is 53.4 Å². The monoisotopic (exact) mass is 403 g/mol. The zero-order valence-corrected chi connectivity index (χ0v) is 15.8. The molecule has 1 fully saturated rings. The number of fused-ring (bicyclic) bond motifs is 1. The van der Waals surface area contributed by atoms with Crippen LogP contribution in [0, 0.1) is 0 Å². The normalized spacial score (nSPS) is 15.0. The number of aromatic nitrogens is 2. The van der Waals surface area contributed by atoms with Crippen molar-refractivity contribution in [2.24, 2.45) is 7.05 Å². The van der Waals surface area contributed by atoms with E-state index in [1.165, 1.54) is 23.1 Å². The van der Waals surface area contributed by atoms with Crippen LogP contribution in [0.1, 0.15) is 5.56 Å². The molecule has 0 bridgehead atoms. The number of nitrogens with zero attached hydrogens (tertiary/aromatic N) is 4. The Morgan fingerprint density at radius 2 is 1.66 bits per heavy atom. The highest BCUT2D eigenvalue weighted by Crippen LogP contribution is 2.34. The number of carbonyl (C=O) groups excluding carboxylic acids is 1. The molecule has 1 N–H and O–H groups in total. The first kappa shape index (κ1) is 19.1. The third-order valence-corrected chi connectivity index (χ3v) is 5.09. The van der Waals surface area contributed by atoms with E-state index in [1.807, 2.05) is 35.9 Å². The minimum Gasteiger partial charge on any atom is -0.339 e. The molecule has 0 unspecified atom stereocenters. The first-order chi connectivity index (χ1) is 13.8. The molecule has 0 aliphatic carbocycles. The summed E-state index contributed by atoms with van der Waals surface area (Å²) in [5, 5.41) is 2.40. The highest BCUT2D eigenvalue weighted by Gasteiger charge is 2.34. The molecular weight excluding hydrogens is 383 g/mol. The van der Waals surface area contributed by atoms with Gasteiger partial charge in [-0.15, -0.1) is 0 Å². The Morgan fingerprint density at radius 3 is 2.34 bits per heavy atom. The van der Waals surface area contributed by atoms with E-state index in [2.05, 4.69) is 15.2 Å². The predicted octanol–water partition coefficient (Wildman–Crippen LogP) is 3.95.